The Balaban J connectivity index is 2.18. The van der Waals surface area contributed by atoms with Crippen LogP contribution in [0.2, 0.25) is 0 Å². The van der Waals surface area contributed by atoms with Crippen molar-refractivity contribution < 1.29 is 4.92 Å². The van der Waals surface area contributed by atoms with Gasteiger partial charge in [0.15, 0.2) is 0 Å². The maximum atomic E-state index is 11.0. The smallest absolute Gasteiger partial charge is 0.274 e. The van der Waals surface area contributed by atoms with E-state index in [1.165, 1.54) is 0 Å². The minimum absolute atomic E-state index is 0.114. The van der Waals surface area contributed by atoms with Crippen LogP contribution in [0, 0.1) is 17.0 Å². The van der Waals surface area contributed by atoms with Gasteiger partial charge >= 0.3 is 0 Å². The first-order valence-electron chi connectivity index (χ1n) is 6.72. The van der Waals surface area contributed by atoms with Gasteiger partial charge < -0.3 is 5.32 Å². The molecular weight excluding hydrogens is 336 g/mol. The van der Waals surface area contributed by atoms with E-state index in [4.69, 9.17) is 0 Å². The lowest BCUT2D eigenvalue weighted by Crippen LogP contribution is -2.09. The van der Waals surface area contributed by atoms with E-state index >= 15 is 0 Å². The van der Waals surface area contributed by atoms with Crippen molar-refractivity contribution in [3.05, 3.63) is 50.2 Å². The number of nitro groups is 1. The third kappa shape index (κ3) is 3.60. The quantitative estimate of drug-likeness (QED) is 0.632. The molecule has 0 spiro atoms. The third-order valence-corrected chi connectivity index (χ3v) is 3.84. The average molecular weight is 353 g/mol. The summed E-state index contributed by atoms with van der Waals surface area (Å²) in [5.74, 6) is 0. The molecule has 1 aromatic heterocycles. The van der Waals surface area contributed by atoms with Gasteiger partial charge in [0.2, 0.25) is 0 Å². The van der Waals surface area contributed by atoms with E-state index in [1.54, 1.807) is 25.3 Å². The summed E-state index contributed by atoms with van der Waals surface area (Å²) in [7, 11) is 0. The van der Waals surface area contributed by atoms with E-state index in [-0.39, 0.29) is 10.6 Å². The predicted octanol–water partition coefficient (Wildman–Crippen LogP) is 3.88. The van der Waals surface area contributed by atoms with Gasteiger partial charge in [0.1, 0.15) is 0 Å². The van der Waals surface area contributed by atoms with Gasteiger partial charge in [-0.1, -0.05) is 6.92 Å². The number of anilines is 1. The van der Waals surface area contributed by atoms with Crippen molar-refractivity contribution in [2.75, 3.05) is 5.32 Å². The molecule has 0 unspecified atom stereocenters. The monoisotopic (exact) mass is 352 g/mol. The van der Waals surface area contributed by atoms with Crippen molar-refractivity contribution in [3.8, 4) is 0 Å². The van der Waals surface area contributed by atoms with Crippen molar-refractivity contribution >= 4 is 27.3 Å². The molecule has 1 N–H and O–H groups in total. The van der Waals surface area contributed by atoms with Gasteiger partial charge in [0.05, 0.1) is 22.8 Å². The van der Waals surface area contributed by atoms with Crippen molar-refractivity contribution in [1.82, 2.24) is 9.78 Å². The molecule has 2 aromatic rings. The fourth-order valence-corrected chi connectivity index (χ4v) is 2.70. The minimum Gasteiger partial charge on any atom is -0.378 e. The molecule has 0 radical (unpaired) electrons. The molecular formula is C14H17BrN4O2. The zero-order valence-corrected chi connectivity index (χ0v) is 13.6. The summed E-state index contributed by atoms with van der Waals surface area (Å²) < 4.78 is 2.75. The summed E-state index contributed by atoms with van der Waals surface area (Å²) in [6, 6.07) is 5.25. The zero-order chi connectivity index (χ0) is 15.4. The zero-order valence-electron chi connectivity index (χ0n) is 12.0. The maximum absolute atomic E-state index is 11.0. The molecule has 6 nitrogen and oxygen atoms in total. The van der Waals surface area contributed by atoms with Crippen molar-refractivity contribution in [1.29, 1.82) is 0 Å². The summed E-state index contributed by atoms with van der Waals surface area (Å²) in [5, 5.41) is 18.5. The van der Waals surface area contributed by atoms with Gasteiger partial charge in [-0.25, -0.2) is 0 Å². The number of nitrogens with one attached hydrogen (secondary N) is 1. The fraction of sp³-hybridized carbons (Fsp3) is 0.357. The van der Waals surface area contributed by atoms with Crippen LogP contribution in [0.15, 0.2) is 28.9 Å². The minimum atomic E-state index is -0.367. The molecule has 0 atom stereocenters. The molecule has 2 rings (SSSR count). The van der Waals surface area contributed by atoms with Crippen LogP contribution in [-0.2, 0) is 13.1 Å². The van der Waals surface area contributed by atoms with Gasteiger partial charge in [0, 0.05) is 28.8 Å². The topological polar surface area (TPSA) is 73.0 Å². The molecule has 0 bridgehead atoms. The third-order valence-electron chi connectivity index (χ3n) is 3.18. The number of hydrogen-bond donors (Lipinski definition) is 1. The Morgan fingerprint density at radius 2 is 2.24 bits per heavy atom. The Labute approximate surface area is 131 Å². The van der Waals surface area contributed by atoms with Crippen LogP contribution in [0.3, 0.4) is 0 Å². The van der Waals surface area contributed by atoms with Crippen LogP contribution >= 0.6 is 15.9 Å². The second-order valence-electron chi connectivity index (χ2n) is 4.77. The number of nitro benzene ring substituents is 1. The first-order valence-corrected chi connectivity index (χ1v) is 7.51. The van der Waals surface area contributed by atoms with Crippen molar-refractivity contribution in [2.24, 2.45) is 0 Å². The number of aromatic nitrogens is 2. The maximum Gasteiger partial charge on any atom is 0.274 e. The molecule has 7 heteroatoms. The first kappa shape index (κ1) is 15.5. The van der Waals surface area contributed by atoms with Gasteiger partial charge in [-0.2, -0.15) is 5.10 Å². The molecule has 0 aliphatic carbocycles. The molecule has 21 heavy (non-hydrogen) atoms. The Morgan fingerprint density at radius 3 is 2.90 bits per heavy atom. The van der Waals surface area contributed by atoms with Crippen LogP contribution in [0.25, 0.3) is 0 Å². The molecule has 0 aliphatic rings. The lowest BCUT2D eigenvalue weighted by Gasteiger charge is -2.11. The molecule has 0 saturated heterocycles. The van der Waals surface area contributed by atoms with Crippen LogP contribution in [0.1, 0.15) is 24.6 Å². The van der Waals surface area contributed by atoms with Gasteiger partial charge in [0.25, 0.3) is 5.69 Å². The Kier molecular flexibility index (Phi) is 4.95. The highest BCUT2D eigenvalue weighted by molar-refractivity contribution is 9.10. The predicted molar refractivity (Wildman–Crippen MR) is 85.4 cm³/mol. The standard InChI is InChI=1S/C14H17BrN4O2/c1-3-6-18-11(4-5-17-18)9-16-13-8-14(19(20)21)10(2)7-12(13)15/h4-5,7-8,16H,3,6,9H2,1-2H3. The second kappa shape index (κ2) is 6.71. The van der Waals surface area contributed by atoms with Crippen LogP contribution in [0.5, 0.6) is 0 Å². The molecule has 112 valence electrons. The lowest BCUT2D eigenvalue weighted by atomic mass is 10.2. The van der Waals surface area contributed by atoms with Crippen molar-refractivity contribution in [3.63, 3.8) is 0 Å². The highest BCUT2D eigenvalue weighted by atomic mass is 79.9. The fourth-order valence-electron chi connectivity index (χ4n) is 2.10. The molecule has 1 aromatic carbocycles. The van der Waals surface area contributed by atoms with E-state index in [2.05, 4.69) is 33.3 Å². The Morgan fingerprint density at radius 1 is 1.48 bits per heavy atom. The first-order chi connectivity index (χ1) is 10.0. The van der Waals surface area contributed by atoms with E-state index in [0.717, 1.165) is 23.1 Å². The van der Waals surface area contributed by atoms with Crippen LogP contribution in [0.4, 0.5) is 11.4 Å². The number of hydrogen-bond acceptors (Lipinski definition) is 4. The summed E-state index contributed by atoms with van der Waals surface area (Å²) in [5.41, 5.74) is 2.50. The summed E-state index contributed by atoms with van der Waals surface area (Å²) in [4.78, 5) is 10.6. The van der Waals surface area contributed by atoms with Crippen LogP contribution < -0.4 is 5.32 Å². The van der Waals surface area contributed by atoms with Crippen molar-refractivity contribution in [2.45, 2.75) is 33.4 Å². The molecule has 0 fully saturated rings. The SMILES string of the molecule is CCCn1nccc1CNc1cc([N+](=O)[O-])c(C)cc1Br. The number of halogens is 1. The molecule has 0 saturated carbocycles. The van der Waals surface area contributed by atoms with E-state index < -0.39 is 0 Å². The number of benzene rings is 1. The van der Waals surface area contributed by atoms with E-state index in [1.807, 2.05) is 10.7 Å². The summed E-state index contributed by atoms with van der Waals surface area (Å²) >= 11 is 3.44. The average Bonchev–Trinajstić information content (AvgIpc) is 2.85. The van der Waals surface area contributed by atoms with Gasteiger partial charge in [-0.15, -0.1) is 0 Å². The normalized spacial score (nSPS) is 10.6. The van der Waals surface area contributed by atoms with Gasteiger partial charge in [-0.05, 0) is 41.4 Å². The highest BCUT2D eigenvalue weighted by Gasteiger charge is 2.14. The largest absolute Gasteiger partial charge is 0.378 e. The number of rotatable bonds is 6. The molecule has 0 amide bonds. The number of nitrogens with zero attached hydrogens (tertiary/aromatic N) is 3. The highest BCUT2D eigenvalue weighted by Crippen LogP contribution is 2.30. The molecule has 1 heterocycles. The molecule has 0 aliphatic heterocycles. The van der Waals surface area contributed by atoms with Gasteiger partial charge in [-0.3, -0.25) is 14.8 Å². The summed E-state index contributed by atoms with van der Waals surface area (Å²) in [6.45, 7) is 5.25. The van der Waals surface area contributed by atoms with E-state index in [0.29, 0.717) is 17.8 Å². The Bertz CT molecular complexity index is 654. The lowest BCUT2D eigenvalue weighted by molar-refractivity contribution is -0.385. The summed E-state index contributed by atoms with van der Waals surface area (Å²) in [6.07, 6.45) is 2.77. The number of aryl methyl sites for hydroxylation is 2. The second-order valence-corrected chi connectivity index (χ2v) is 5.63. The van der Waals surface area contributed by atoms with Crippen LogP contribution in [-0.4, -0.2) is 14.7 Å². The Hall–Kier alpha value is -1.89. The van der Waals surface area contributed by atoms with E-state index in [9.17, 15) is 10.1 Å².